The van der Waals surface area contributed by atoms with Gasteiger partial charge >= 0.3 is 0 Å². The van der Waals surface area contributed by atoms with Gasteiger partial charge < -0.3 is 4.90 Å². The monoisotopic (exact) mass is 393 g/mol. The van der Waals surface area contributed by atoms with Gasteiger partial charge in [0.05, 0.1) is 5.39 Å². The van der Waals surface area contributed by atoms with Gasteiger partial charge in [-0.3, -0.25) is 0 Å². The molecule has 0 N–H and O–H groups in total. The predicted octanol–water partition coefficient (Wildman–Crippen LogP) is 6.64. The number of unbranched alkanes of at least 4 members (excludes halogenated alkanes) is 2. The SMILES string of the molecule is CCCCN(CCCC)c1nc(-c2ccccc2)nc2sc3c(c12)CCCC3. The van der Waals surface area contributed by atoms with Crippen LogP contribution < -0.4 is 4.90 Å². The zero-order chi connectivity index (χ0) is 19.3. The molecule has 2 heterocycles. The zero-order valence-corrected chi connectivity index (χ0v) is 18.0. The number of benzene rings is 1. The van der Waals surface area contributed by atoms with Crippen LogP contribution in [-0.2, 0) is 12.8 Å². The van der Waals surface area contributed by atoms with Crippen molar-refractivity contribution in [3.63, 3.8) is 0 Å². The molecular formula is C24H31N3S. The Kier molecular flexibility index (Phi) is 6.26. The second kappa shape index (κ2) is 9.04. The first-order chi connectivity index (χ1) is 13.8. The molecule has 2 aromatic heterocycles. The Labute approximate surface area is 172 Å². The molecule has 0 bridgehead atoms. The summed E-state index contributed by atoms with van der Waals surface area (Å²) in [4.78, 5) is 15.5. The Hall–Kier alpha value is -1.94. The largest absolute Gasteiger partial charge is 0.356 e. The molecule has 1 aromatic carbocycles. The minimum absolute atomic E-state index is 0.875. The summed E-state index contributed by atoms with van der Waals surface area (Å²) in [6, 6.07) is 10.5. The van der Waals surface area contributed by atoms with Crippen LogP contribution in [0.25, 0.3) is 21.6 Å². The molecule has 0 aliphatic heterocycles. The molecule has 0 saturated carbocycles. The van der Waals surface area contributed by atoms with Crippen molar-refractivity contribution in [3.8, 4) is 11.4 Å². The highest BCUT2D eigenvalue weighted by atomic mass is 32.1. The van der Waals surface area contributed by atoms with Gasteiger partial charge in [0.25, 0.3) is 0 Å². The third-order valence-corrected chi connectivity index (χ3v) is 6.88. The Morgan fingerprint density at radius 1 is 0.929 bits per heavy atom. The molecule has 0 fully saturated rings. The lowest BCUT2D eigenvalue weighted by atomic mass is 9.96. The molecule has 0 spiro atoms. The summed E-state index contributed by atoms with van der Waals surface area (Å²) in [6.07, 6.45) is 9.84. The van der Waals surface area contributed by atoms with E-state index in [1.165, 1.54) is 67.4 Å². The lowest BCUT2D eigenvalue weighted by molar-refractivity contribution is 0.671. The van der Waals surface area contributed by atoms with Crippen LogP contribution in [0.3, 0.4) is 0 Å². The fourth-order valence-corrected chi connectivity index (χ4v) is 5.36. The highest BCUT2D eigenvalue weighted by Gasteiger charge is 2.24. The van der Waals surface area contributed by atoms with Crippen molar-refractivity contribution in [2.75, 3.05) is 18.0 Å². The lowest BCUT2D eigenvalue weighted by Gasteiger charge is -2.25. The number of hydrogen-bond acceptors (Lipinski definition) is 4. The van der Waals surface area contributed by atoms with Gasteiger partial charge in [0.15, 0.2) is 5.82 Å². The number of rotatable bonds is 8. The molecule has 28 heavy (non-hydrogen) atoms. The van der Waals surface area contributed by atoms with Crippen LogP contribution in [0.15, 0.2) is 30.3 Å². The van der Waals surface area contributed by atoms with Crippen molar-refractivity contribution in [1.29, 1.82) is 0 Å². The van der Waals surface area contributed by atoms with Crippen molar-refractivity contribution in [3.05, 3.63) is 40.8 Å². The first kappa shape index (κ1) is 19.4. The van der Waals surface area contributed by atoms with Crippen molar-refractivity contribution >= 4 is 27.4 Å². The standard InChI is InChI=1S/C24H31N3S/c1-3-5-16-27(17-6-4-2)23-21-19-14-10-11-15-20(19)28-24(21)26-22(25-23)18-12-8-7-9-13-18/h7-9,12-13H,3-6,10-11,14-17H2,1-2H3. The van der Waals surface area contributed by atoms with E-state index in [0.29, 0.717) is 0 Å². The minimum atomic E-state index is 0.875. The number of fused-ring (bicyclic) bond motifs is 3. The normalized spacial score (nSPS) is 13.6. The number of nitrogens with zero attached hydrogens (tertiary/aromatic N) is 3. The summed E-state index contributed by atoms with van der Waals surface area (Å²) in [6.45, 7) is 6.72. The molecule has 1 aliphatic rings. The number of anilines is 1. The zero-order valence-electron chi connectivity index (χ0n) is 17.2. The molecule has 3 nitrogen and oxygen atoms in total. The second-order valence-corrected chi connectivity index (χ2v) is 8.91. The van der Waals surface area contributed by atoms with E-state index in [2.05, 4.69) is 49.1 Å². The van der Waals surface area contributed by atoms with Crippen LogP contribution in [0, 0.1) is 0 Å². The van der Waals surface area contributed by atoms with Crippen LogP contribution in [-0.4, -0.2) is 23.1 Å². The minimum Gasteiger partial charge on any atom is -0.356 e. The maximum absolute atomic E-state index is 5.18. The molecule has 0 radical (unpaired) electrons. The maximum atomic E-state index is 5.18. The van der Waals surface area contributed by atoms with E-state index in [1.54, 1.807) is 10.4 Å². The maximum Gasteiger partial charge on any atom is 0.163 e. The Balaban J connectivity index is 1.88. The molecule has 0 saturated heterocycles. The average Bonchev–Trinajstić information content (AvgIpc) is 3.12. The van der Waals surface area contributed by atoms with Gasteiger partial charge in [-0.25, -0.2) is 9.97 Å². The third-order valence-electron chi connectivity index (χ3n) is 5.69. The van der Waals surface area contributed by atoms with Gasteiger partial charge in [-0.1, -0.05) is 57.0 Å². The highest BCUT2D eigenvalue weighted by molar-refractivity contribution is 7.19. The average molecular weight is 394 g/mol. The molecular weight excluding hydrogens is 362 g/mol. The van der Waals surface area contributed by atoms with Gasteiger partial charge in [-0.2, -0.15) is 0 Å². The van der Waals surface area contributed by atoms with E-state index in [4.69, 9.17) is 9.97 Å². The molecule has 0 unspecified atom stereocenters. The van der Waals surface area contributed by atoms with Crippen LogP contribution in [0.5, 0.6) is 0 Å². The summed E-state index contributed by atoms with van der Waals surface area (Å²) in [5.74, 6) is 2.06. The van der Waals surface area contributed by atoms with E-state index >= 15 is 0 Å². The Bertz CT molecular complexity index is 908. The quantitative estimate of drug-likeness (QED) is 0.429. The topological polar surface area (TPSA) is 29.0 Å². The smallest absolute Gasteiger partial charge is 0.163 e. The predicted molar refractivity (Wildman–Crippen MR) is 122 cm³/mol. The molecule has 4 rings (SSSR count). The Morgan fingerprint density at radius 2 is 1.64 bits per heavy atom. The van der Waals surface area contributed by atoms with Crippen molar-refractivity contribution < 1.29 is 0 Å². The van der Waals surface area contributed by atoms with E-state index in [-0.39, 0.29) is 0 Å². The number of aromatic nitrogens is 2. The molecule has 4 heteroatoms. The fourth-order valence-electron chi connectivity index (χ4n) is 4.10. The first-order valence-electron chi connectivity index (χ1n) is 10.9. The van der Waals surface area contributed by atoms with Gasteiger partial charge in [0, 0.05) is 23.5 Å². The molecule has 0 amide bonds. The molecule has 3 aromatic rings. The molecule has 0 atom stereocenters. The van der Waals surface area contributed by atoms with Gasteiger partial charge in [-0.05, 0) is 44.1 Å². The van der Waals surface area contributed by atoms with Crippen molar-refractivity contribution in [2.24, 2.45) is 0 Å². The number of thiophene rings is 1. The summed E-state index contributed by atoms with van der Waals surface area (Å²) in [5.41, 5.74) is 2.65. The summed E-state index contributed by atoms with van der Waals surface area (Å²) in [5, 5.41) is 1.35. The van der Waals surface area contributed by atoms with E-state index in [1.807, 2.05) is 11.3 Å². The van der Waals surface area contributed by atoms with Crippen LogP contribution >= 0.6 is 11.3 Å². The van der Waals surface area contributed by atoms with Crippen molar-refractivity contribution in [1.82, 2.24) is 9.97 Å². The summed E-state index contributed by atoms with van der Waals surface area (Å²) < 4.78 is 0. The summed E-state index contributed by atoms with van der Waals surface area (Å²) in [7, 11) is 0. The highest BCUT2D eigenvalue weighted by Crippen LogP contribution is 2.41. The van der Waals surface area contributed by atoms with Gasteiger partial charge in [-0.15, -0.1) is 11.3 Å². The number of aryl methyl sites for hydroxylation is 2. The Morgan fingerprint density at radius 3 is 2.36 bits per heavy atom. The van der Waals surface area contributed by atoms with Crippen molar-refractivity contribution in [2.45, 2.75) is 65.2 Å². The van der Waals surface area contributed by atoms with E-state index in [9.17, 15) is 0 Å². The fraction of sp³-hybridized carbons (Fsp3) is 0.500. The lowest BCUT2D eigenvalue weighted by Crippen LogP contribution is -2.27. The van der Waals surface area contributed by atoms with E-state index in [0.717, 1.165) is 24.5 Å². The second-order valence-electron chi connectivity index (χ2n) is 7.82. The molecule has 148 valence electrons. The van der Waals surface area contributed by atoms with Crippen LogP contribution in [0.1, 0.15) is 62.8 Å². The third kappa shape index (κ3) is 3.93. The van der Waals surface area contributed by atoms with Crippen LogP contribution in [0.2, 0.25) is 0 Å². The first-order valence-corrected chi connectivity index (χ1v) is 11.8. The van der Waals surface area contributed by atoms with E-state index < -0.39 is 0 Å². The summed E-state index contributed by atoms with van der Waals surface area (Å²) >= 11 is 1.91. The molecule has 1 aliphatic carbocycles. The van der Waals surface area contributed by atoms with Crippen LogP contribution in [0.4, 0.5) is 5.82 Å². The van der Waals surface area contributed by atoms with Gasteiger partial charge in [0.2, 0.25) is 0 Å². The number of hydrogen-bond donors (Lipinski definition) is 0. The van der Waals surface area contributed by atoms with Gasteiger partial charge in [0.1, 0.15) is 10.6 Å².